The molecular formula is C28H26BrN3O2. The van der Waals surface area contributed by atoms with Gasteiger partial charge in [-0.2, -0.15) is 5.10 Å². The van der Waals surface area contributed by atoms with Crippen LogP contribution in [0.15, 0.2) is 82.4 Å². The first kappa shape index (κ1) is 21.4. The summed E-state index contributed by atoms with van der Waals surface area (Å²) in [7, 11) is 0. The van der Waals surface area contributed by atoms with Crippen LogP contribution in [0.1, 0.15) is 43.4 Å². The predicted molar refractivity (Wildman–Crippen MR) is 137 cm³/mol. The van der Waals surface area contributed by atoms with Crippen molar-refractivity contribution in [2.24, 2.45) is 5.10 Å². The molecule has 1 saturated heterocycles. The molecule has 34 heavy (non-hydrogen) atoms. The van der Waals surface area contributed by atoms with Crippen LogP contribution < -0.4 is 4.74 Å². The SMILES string of the molecule is CC(=O)N1CCC2(CC1)Oc1ccc(Br)cc1[C@H]1CC(c3ccc(-c4ccccc4)cc3)=NN12. The van der Waals surface area contributed by atoms with E-state index in [0.29, 0.717) is 13.1 Å². The van der Waals surface area contributed by atoms with E-state index in [0.717, 1.165) is 46.3 Å². The molecule has 6 rings (SSSR count). The second-order valence-electron chi connectivity index (χ2n) is 9.29. The molecule has 0 N–H and O–H groups in total. The number of hydrogen-bond donors (Lipinski definition) is 0. The zero-order valence-corrected chi connectivity index (χ0v) is 20.7. The average Bonchev–Trinajstić information content (AvgIpc) is 3.33. The molecule has 0 aliphatic carbocycles. The lowest BCUT2D eigenvalue weighted by Gasteiger charge is -2.51. The van der Waals surface area contributed by atoms with E-state index in [2.05, 4.69) is 81.6 Å². The first-order valence-electron chi connectivity index (χ1n) is 11.8. The van der Waals surface area contributed by atoms with Gasteiger partial charge in [0.15, 0.2) is 0 Å². The molecule has 0 aromatic heterocycles. The minimum Gasteiger partial charge on any atom is -0.466 e. The zero-order chi connectivity index (χ0) is 23.3. The van der Waals surface area contributed by atoms with Crippen LogP contribution >= 0.6 is 15.9 Å². The van der Waals surface area contributed by atoms with Gasteiger partial charge < -0.3 is 9.64 Å². The summed E-state index contributed by atoms with van der Waals surface area (Å²) in [5.74, 6) is 1.05. The average molecular weight is 516 g/mol. The van der Waals surface area contributed by atoms with Crippen LogP contribution in [0.4, 0.5) is 0 Å². The van der Waals surface area contributed by atoms with Crippen LogP contribution in [0.5, 0.6) is 5.75 Å². The van der Waals surface area contributed by atoms with Gasteiger partial charge in [0.1, 0.15) is 5.75 Å². The molecule has 1 amide bonds. The van der Waals surface area contributed by atoms with Crippen molar-refractivity contribution in [1.82, 2.24) is 9.91 Å². The molecule has 1 fully saturated rings. The number of amides is 1. The quantitative estimate of drug-likeness (QED) is 0.420. The van der Waals surface area contributed by atoms with Crippen molar-refractivity contribution in [2.45, 2.75) is 38.0 Å². The van der Waals surface area contributed by atoms with Crippen molar-refractivity contribution < 1.29 is 9.53 Å². The maximum Gasteiger partial charge on any atom is 0.219 e. The third kappa shape index (κ3) is 3.61. The van der Waals surface area contributed by atoms with Crippen molar-refractivity contribution in [1.29, 1.82) is 0 Å². The van der Waals surface area contributed by atoms with Crippen LogP contribution in [0.25, 0.3) is 11.1 Å². The van der Waals surface area contributed by atoms with E-state index in [1.165, 1.54) is 11.1 Å². The van der Waals surface area contributed by atoms with E-state index in [9.17, 15) is 4.79 Å². The van der Waals surface area contributed by atoms with E-state index in [4.69, 9.17) is 9.84 Å². The number of hydrazone groups is 1. The van der Waals surface area contributed by atoms with Crippen LogP contribution in [-0.2, 0) is 4.79 Å². The van der Waals surface area contributed by atoms with E-state index >= 15 is 0 Å². The molecule has 0 unspecified atom stereocenters. The highest BCUT2D eigenvalue weighted by Gasteiger charge is 2.52. The standard InChI is InChI=1S/C28H26BrN3O2/c1-19(33)31-15-13-28(14-16-31)32-26(24-17-23(29)11-12-27(24)34-28)18-25(30-32)22-9-7-21(8-10-22)20-5-3-2-4-6-20/h2-12,17,26H,13-16,18H2,1H3/t26-/m1/s1. The van der Waals surface area contributed by atoms with Crippen molar-refractivity contribution in [3.63, 3.8) is 0 Å². The van der Waals surface area contributed by atoms with Crippen molar-refractivity contribution >= 4 is 27.5 Å². The predicted octanol–water partition coefficient (Wildman–Crippen LogP) is 6.00. The van der Waals surface area contributed by atoms with Gasteiger partial charge >= 0.3 is 0 Å². The number of halogens is 1. The summed E-state index contributed by atoms with van der Waals surface area (Å²) in [6.07, 6.45) is 2.31. The zero-order valence-electron chi connectivity index (χ0n) is 19.1. The summed E-state index contributed by atoms with van der Waals surface area (Å²) >= 11 is 3.63. The fraction of sp³-hybridized carbons (Fsp3) is 0.286. The van der Waals surface area contributed by atoms with Crippen molar-refractivity contribution in [3.05, 3.63) is 88.4 Å². The van der Waals surface area contributed by atoms with E-state index in [-0.39, 0.29) is 11.9 Å². The number of hydrogen-bond acceptors (Lipinski definition) is 4. The van der Waals surface area contributed by atoms with E-state index in [1.807, 2.05) is 17.0 Å². The fourth-order valence-corrected chi connectivity index (χ4v) is 5.79. The molecule has 0 saturated carbocycles. The van der Waals surface area contributed by atoms with Gasteiger partial charge in [-0.25, -0.2) is 5.01 Å². The van der Waals surface area contributed by atoms with Crippen molar-refractivity contribution in [2.75, 3.05) is 13.1 Å². The molecule has 3 aliphatic heterocycles. The summed E-state index contributed by atoms with van der Waals surface area (Å²) in [4.78, 5) is 13.8. The number of likely N-dealkylation sites (tertiary alicyclic amines) is 1. The molecule has 3 aromatic carbocycles. The Morgan fingerprint density at radius 2 is 1.65 bits per heavy atom. The molecule has 0 bridgehead atoms. The lowest BCUT2D eigenvalue weighted by atomic mass is 9.90. The Balaban J connectivity index is 1.35. The Morgan fingerprint density at radius 3 is 2.35 bits per heavy atom. The van der Waals surface area contributed by atoms with Crippen LogP contribution in [-0.4, -0.2) is 40.3 Å². The van der Waals surface area contributed by atoms with Crippen molar-refractivity contribution in [3.8, 4) is 16.9 Å². The molecule has 1 spiro atoms. The molecule has 3 aromatic rings. The molecule has 0 radical (unpaired) electrons. The Morgan fingerprint density at radius 1 is 0.971 bits per heavy atom. The minimum absolute atomic E-state index is 0.119. The summed E-state index contributed by atoms with van der Waals surface area (Å²) in [5, 5.41) is 7.36. The first-order valence-corrected chi connectivity index (χ1v) is 12.6. The molecule has 1 atom stereocenters. The lowest BCUT2D eigenvalue weighted by Crippen LogP contribution is -2.59. The number of rotatable bonds is 2. The number of nitrogens with zero attached hydrogens (tertiary/aromatic N) is 3. The van der Waals surface area contributed by atoms with Gasteiger partial charge in [0.2, 0.25) is 11.6 Å². The third-order valence-corrected chi connectivity index (χ3v) is 7.77. The fourth-order valence-electron chi connectivity index (χ4n) is 5.41. The van der Waals surface area contributed by atoms with Crippen LogP contribution in [0.2, 0.25) is 0 Å². The van der Waals surface area contributed by atoms with Gasteiger partial charge in [-0.15, -0.1) is 0 Å². The maximum absolute atomic E-state index is 11.9. The van der Waals surface area contributed by atoms with Gasteiger partial charge in [0, 0.05) is 49.3 Å². The normalized spacial score (nSPS) is 20.4. The highest BCUT2D eigenvalue weighted by Crippen LogP contribution is 2.50. The summed E-state index contributed by atoms with van der Waals surface area (Å²) in [6.45, 7) is 3.00. The third-order valence-electron chi connectivity index (χ3n) is 7.27. The summed E-state index contributed by atoms with van der Waals surface area (Å²) in [5.41, 5.74) is 5.27. The number of ether oxygens (including phenoxy) is 1. The molecular weight excluding hydrogens is 490 g/mol. The van der Waals surface area contributed by atoms with E-state index in [1.54, 1.807) is 6.92 Å². The number of benzene rings is 3. The number of carbonyl (C=O) groups is 1. The van der Waals surface area contributed by atoms with Gasteiger partial charge in [0.05, 0.1) is 11.8 Å². The largest absolute Gasteiger partial charge is 0.466 e. The summed E-state index contributed by atoms with van der Waals surface area (Å²) < 4.78 is 7.72. The number of fused-ring (bicyclic) bond motifs is 4. The lowest BCUT2D eigenvalue weighted by molar-refractivity contribution is -0.158. The van der Waals surface area contributed by atoms with Gasteiger partial charge in [-0.1, -0.05) is 70.5 Å². The van der Waals surface area contributed by atoms with Gasteiger partial charge in [0.25, 0.3) is 0 Å². The van der Waals surface area contributed by atoms with Crippen LogP contribution in [0, 0.1) is 0 Å². The van der Waals surface area contributed by atoms with Gasteiger partial charge in [-0.05, 0) is 34.9 Å². The number of piperidine rings is 1. The second kappa shape index (κ2) is 8.27. The Labute approximate surface area is 208 Å². The monoisotopic (exact) mass is 515 g/mol. The topological polar surface area (TPSA) is 45.1 Å². The Kier molecular flexibility index (Phi) is 5.21. The Bertz CT molecular complexity index is 1260. The minimum atomic E-state index is -0.525. The maximum atomic E-state index is 11.9. The van der Waals surface area contributed by atoms with Gasteiger partial charge in [-0.3, -0.25) is 4.79 Å². The van der Waals surface area contributed by atoms with Crippen LogP contribution in [0.3, 0.4) is 0 Å². The molecule has 3 heterocycles. The van der Waals surface area contributed by atoms with E-state index < -0.39 is 5.72 Å². The molecule has 3 aliphatic rings. The second-order valence-corrected chi connectivity index (χ2v) is 10.2. The highest BCUT2D eigenvalue weighted by molar-refractivity contribution is 9.10. The molecule has 6 heteroatoms. The Hall–Kier alpha value is -3.12. The first-order chi connectivity index (χ1) is 16.5. The molecule has 172 valence electrons. The summed E-state index contributed by atoms with van der Waals surface area (Å²) in [6, 6.07) is 25.5. The smallest absolute Gasteiger partial charge is 0.219 e. The molecule has 5 nitrogen and oxygen atoms in total. The number of carbonyl (C=O) groups excluding carboxylic acids is 1. The highest BCUT2D eigenvalue weighted by atomic mass is 79.9.